The minimum atomic E-state index is -0.925. The maximum Gasteiger partial charge on any atom is 0.335 e. The van der Waals surface area contributed by atoms with E-state index in [1.165, 1.54) is 0 Å². The van der Waals surface area contributed by atoms with Gasteiger partial charge in [0.1, 0.15) is 0 Å². The Labute approximate surface area is 142 Å². The molecule has 1 aromatic carbocycles. The van der Waals surface area contributed by atoms with Gasteiger partial charge in [0, 0.05) is 36.5 Å². The SMILES string of the molecule is CC(C)N1CCC[C@@H](c2nccnc2-c2cccc(C(=O)O)c2)C1. The summed E-state index contributed by atoms with van der Waals surface area (Å²) in [5, 5.41) is 9.23. The molecule has 5 heteroatoms. The molecule has 0 spiro atoms. The molecule has 3 rings (SSSR count). The molecule has 0 aliphatic carbocycles. The van der Waals surface area contributed by atoms with Gasteiger partial charge in [-0.3, -0.25) is 9.97 Å². The second-order valence-corrected chi connectivity index (χ2v) is 6.60. The van der Waals surface area contributed by atoms with Gasteiger partial charge in [0.25, 0.3) is 0 Å². The number of hydrogen-bond acceptors (Lipinski definition) is 4. The van der Waals surface area contributed by atoms with E-state index in [1.807, 2.05) is 6.07 Å². The molecule has 1 fully saturated rings. The van der Waals surface area contributed by atoms with Crippen molar-refractivity contribution in [3.8, 4) is 11.3 Å². The molecule has 1 saturated heterocycles. The maximum absolute atomic E-state index is 11.2. The smallest absolute Gasteiger partial charge is 0.335 e. The molecule has 126 valence electrons. The van der Waals surface area contributed by atoms with Crippen LogP contribution < -0.4 is 0 Å². The van der Waals surface area contributed by atoms with Crippen LogP contribution in [0.3, 0.4) is 0 Å². The quantitative estimate of drug-likeness (QED) is 0.933. The number of aromatic carboxylic acids is 1. The average molecular weight is 325 g/mol. The van der Waals surface area contributed by atoms with E-state index in [0.29, 0.717) is 12.0 Å². The first-order valence-electron chi connectivity index (χ1n) is 8.45. The van der Waals surface area contributed by atoms with Gasteiger partial charge in [0.2, 0.25) is 0 Å². The lowest BCUT2D eigenvalue weighted by Gasteiger charge is -2.35. The highest BCUT2D eigenvalue weighted by molar-refractivity contribution is 5.89. The third-order valence-corrected chi connectivity index (χ3v) is 4.68. The molecule has 0 amide bonds. The second-order valence-electron chi connectivity index (χ2n) is 6.60. The lowest BCUT2D eigenvalue weighted by Crippen LogP contribution is -2.39. The normalized spacial score (nSPS) is 18.7. The summed E-state index contributed by atoms with van der Waals surface area (Å²) in [7, 11) is 0. The molecular formula is C19H23N3O2. The Kier molecular flexibility index (Phi) is 4.90. The monoisotopic (exact) mass is 325 g/mol. The van der Waals surface area contributed by atoms with Crippen LogP contribution in [-0.4, -0.2) is 45.1 Å². The summed E-state index contributed by atoms with van der Waals surface area (Å²) in [6.07, 6.45) is 5.64. The van der Waals surface area contributed by atoms with E-state index in [-0.39, 0.29) is 5.56 Å². The molecule has 0 unspecified atom stereocenters. The molecule has 1 aromatic heterocycles. The van der Waals surface area contributed by atoms with Gasteiger partial charge < -0.3 is 10.0 Å². The fourth-order valence-corrected chi connectivity index (χ4v) is 3.37. The molecule has 0 saturated carbocycles. The predicted molar refractivity (Wildman–Crippen MR) is 93.1 cm³/mol. The Bertz CT molecular complexity index is 730. The van der Waals surface area contributed by atoms with Gasteiger partial charge >= 0.3 is 5.97 Å². The van der Waals surface area contributed by atoms with Gasteiger partial charge in [-0.15, -0.1) is 0 Å². The number of nitrogens with zero attached hydrogens (tertiary/aromatic N) is 3. The molecular weight excluding hydrogens is 302 g/mol. The summed E-state index contributed by atoms with van der Waals surface area (Å²) in [5.74, 6) is -0.593. The molecule has 2 aromatic rings. The van der Waals surface area contributed by atoms with Crippen molar-refractivity contribution in [1.29, 1.82) is 0 Å². The van der Waals surface area contributed by atoms with Crippen LogP contribution in [0.2, 0.25) is 0 Å². The van der Waals surface area contributed by atoms with Crippen molar-refractivity contribution in [2.75, 3.05) is 13.1 Å². The predicted octanol–water partition coefficient (Wildman–Crippen LogP) is 3.43. The third kappa shape index (κ3) is 3.46. The summed E-state index contributed by atoms with van der Waals surface area (Å²) < 4.78 is 0. The van der Waals surface area contributed by atoms with Gasteiger partial charge in [-0.25, -0.2) is 4.79 Å². The van der Waals surface area contributed by atoms with Crippen LogP contribution in [0.1, 0.15) is 48.7 Å². The van der Waals surface area contributed by atoms with E-state index in [9.17, 15) is 9.90 Å². The van der Waals surface area contributed by atoms with Crippen LogP contribution in [0.4, 0.5) is 0 Å². The molecule has 1 aliphatic rings. The van der Waals surface area contributed by atoms with Crippen LogP contribution in [-0.2, 0) is 0 Å². The summed E-state index contributed by atoms with van der Waals surface area (Å²) in [5.41, 5.74) is 2.87. The Morgan fingerprint density at radius 2 is 2.08 bits per heavy atom. The Morgan fingerprint density at radius 1 is 1.29 bits per heavy atom. The fraction of sp³-hybridized carbons (Fsp3) is 0.421. The van der Waals surface area contributed by atoms with Crippen LogP contribution in [0.5, 0.6) is 0 Å². The van der Waals surface area contributed by atoms with E-state index in [1.54, 1.807) is 30.6 Å². The van der Waals surface area contributed by atoms with Gasteiger partial charge in [-0.2, -0.15) is 0 Å². The Morgan fingerprint density at radius 3 is 2.83 bits per heavy atom. The molecule has 2 heterocycles. The van der Waals surface area contributed by atoms with E-state index in [2.05, 4.69) is 28.7 Å². The van der Waals surface area contributed by atoms with Crippen LogP contribution in [0, 0.1) is 0 Å². The lowest BCUT2D eigenvalue weighted by molar-refractivity contribution is 0.0697. The largest absolute Gasteiger partial charge is 0.478 e. The summed E-state index contributed by atoms with van der Waals surface area (Å²) >= 11 is 0. The van der Waals surface area contributed by atoms with E-state index < -0.39 is 5.97 Å². The first kappa shape index (κ1) is 16.6. The van der Waals surface area contributed by atoms with E-state index >= 15 is 0 Å². The van der Waals surface area contributed by atoms with E-state index in [4.69, 9.17) is 0 Å². The highest BCUT2D eigenvalue weighted by Gasteiger charge is 2.26. The van der Waals surface area contributed by atoms with Crippen LogP contribution in [0.25, 0.3) is 11.3 Å². The van der Waals surface area contributed by atoms with E-state index in [0.717, 1.165) is 42.9 Å². The zero-order chi connectivity index (χ0) is 17.1. The zero-order valence-corrected chi connectivity index (χ0v) is 14.1. The number of likely N-dealkylation sites (tertiary alicyclic amines) is 1. The van der Waals surface area contributed by atoms with Crippen molar-refractivity contribution < 1.29 is 9.90 Å². The average Bonchev–Trinajstić information content (AvgIpc) is 2.62. The van der Waals surface area contributed by atoms with Crippen molar-refractivity contribution in [3.63, 3.8) is 0 Å². The molecule has 0 bridgehead atoms. The molecule has 1 atom stereocenters. The number of rotatable bonds is 4. The minimum absolute atomic E-state index is 0.275. The first-order chi connectivity index (χ1) is 11.6. The molecule has 5 nitrogen and oxygen atoms in total. The zero-order valence-electron chi connectivity index (χ0n) is 14.1. The van der Waals surface area contributed by atoms with Gasteiger partial charge in [0.15, 0.2) is 0 Å². The number of carbonyl (C=O) groups is 1. The van der Waals surface area contributed by atoms with Crippen LogP contribution >= 0.6 is 0 Å². The minimum Gasteiger partial charge on any atom is -0.478 e. The summed E-state index contributed by atoms with van der Waals surface area (Å²) in [6.45, 7) is 6.53. The number of piperidine rings is 1. The second kappa shape index (κ2) is 7.09. The van der Waals surface area contributed by atoms with Crippen molar-refractivity contribution in [1.82, 2.24) is 14.9 Å². The molecule has 1 N–H and O–H groups in total. The van der Waals surface area contributed by atoms with Crippen molar-refractivity contribution in [2.45, 2.75) is 38.6 Å². The lowest BCUT2D eigenvalue weighted by atomic mass is 9.90. The number of carboxylic acids is 1. The Balaban J connectivity index is 1.96. The summed E-state index contributed by atoms with van der Waals surface area (Å²) in [4.78, 5) is 22.8. The number of aromatic nitrogens is 2. The Hall–Kier alpha value is -2.27. The number of carboxylic acid groups (broad SMARTS) is 1. The number of hydrogen-bond donors (Lipinski definition) is 1. The van der Waals surface area contributed by atoms with Gasteiger partial charge in [0.05, 0.1) is 17.0 Å². The molecule has 24 heavy (non-hydrogen) atoms. The standard InChI is InChI=1S/C19H23N3O2/c1-13(2)22-10-4-7-16(12-22)18-17(20-8-9-21-18)14-5-3-6-15(11-14)19(23)24/h3,5-6,8-9,11,13,16H,4,7,10,12H2,1-2H3,(H,23,24)/t16-/m1/s1. The first-order valence-corrected chi connectivity index (χ1v) is 8.45. The number of benzene rings is 1. The highest BCUT2D eigenvalue weighted by Crippen LogP contribution is 2.32. The molecule has 0 radical (unpaired) electrons. The third-order valence-electron chi connectivity index (χ3n) is 4.68. The highest BCUT2D eigenvalue weighted by atomic mass is 16.4. The van der Waals surface area contributed by atoms with Crippen molar-refractivity contribution >= 4 is 5.97 Å². The van der Waals surface area contributed by atoms with Crippen molar-refractivity contribution in [3.05, 3.63) is 47.9 Å². The molecule has 1 aliphatic heterocycles. The van der Waals surface area contributed by atoms with Crippen molar-refractivity contribution in [2.24, 2.45) is 0 Å². The summed E-state index contributed by atoms with van der Waals surface area (Å²) in [6, 6.07) is 7.46. The fourth-order valence-electron chi connectivity index (χ4n) is 3.37. The van der Waals surface area contributed by atoms with Gasteiger partial charge in [-0.1, -0.05) is 12.1 Å². The van der Waals surface area contributed by atoms with Crippen LogP contribution in [0.15, 0.2) is 36.7 Å². The maximum atomic E-state index is 11.2. The topological polar surface area (TPSA) is 66.3 Å². The van der Waals surface area contributed by atoms with Gasteiger partial charge in [-0.05, 0) is 45.4 Å².